The highest BCUT2D eigenvalue weighted by atomic mass is 19.4. The van der Waals surface area contributed by atoms with Gasteiger partial charge < -0.3 is 10.1 Å². The highest BCUT2D eigenvalue weighted by Crippen LogP contribution is 2.19. The van der Waals surface area contributed by atoms with Gasteiger partial charge in [0.15, 0.2) is 0 Å². The van der Waals surface area contributed by atoms with E-state index in [-0.39, 0.29) is 6.61 Å². The van der Waals surface area contributed by atoms with Crippen LogP contribution in [0, 0.1) is 0 Å². The molecule has 0 saturated heterocycles. The van der Waals surface area contributed by atoms with Crippen molar-refractivity contribution in [1.29, 1.82) is 0 Å². The molecule has 0 aromatic heterocycles. The van der Waals surface area contributed by atoms with Crippen molar-refractivity contribution < 1.29 is 17.9 Å². The molecule has 1 rings (SSSR count). The maximum absolute atomic E-state index is 11.8. The molecule has 17 heavy (non-hydrogen) atoms. The van der Waals surface area contributed by atoms with Crippen molar-refractivity contribution in [2.24, 2.45) is 0 Å². The zero-order valence-corrected chi connectivity index (χ0v) is 10.2. The molecule has 0 radical (unpaired) electrons. The molecule has 0 amide bonds. The van der Waals surface area contributed by atoms with Crippen molar-refractivity contribution >= 4 is 0 Å². The van der Waals surface area contributed by atoms with Crippen LogP contribution in [0.2, 0.25) is 0 Å². The van der Waals surface area contributed by atoms with E-state index in [1.54, 1.807) is 0 Å². The number of rotatable bonds is 10. The first-order valence-electron chi connectivity index (χ1n) is 6.46. The summed E-state index contributed by atoms with van der Waals surface area (Å²) in [5, 5.41) is 3.43. The summed E-state index contributed by atoms with van der Waals surface area (Å²) in [4.78, 5) is 0. The number of alkyl halides is 3. The molecule has 0 atom stereocenters. The number of ether oxygens (including phenoxy) is 1. The van der Waals surface area contributed by atoms with Gasteiger partial charge in [-0.2, -0.15) is 13.2 Å². The van der Waals surface area contributed by atoms with Crippen LogP contribution in [0.15, 0.2) is 0 Å². The Morgan fingerprint density at radius 1 is 1.00 bits per heavy atom. The highest BCUT2D eigenvalue weighted by molar-refractivity contribution is 4.80. The van der Waals surface area contributed by atoms with E-state index >= 15 is 0 Å². The SMILES string of the molecule is FC(F)(F)CCOCCCCCCNC1CC1. The summed E-state index contributed by atoms with van der Waals surface area (Å²) < 4.78 is 40.2. The second kappa shape index (κ2) is 7.93. The van der Waals surface area contributed by atoms with Gasteiger partial charge >= 0.3 is 6.18 Å². The first-order chi connectivity index (χ1) is 8.08. The van der Waals surface area contributed by atoms with Crippen LogP contribution in [0.5, 0.6) is 0 Å². The zero-order chi connectivity index (χ0) is 12.6. The Morgan fingerprint density at radius 2 is 1.71 bits per heavy atom. The van der Waals surface area contributed by atoms with E-state index in [0.29, 0.717) is 6.61 Å². The van der Waals surface area contributed by atoms with Gasteiger partial charge in [0.2, 0.25) is 0 Å². The lowest BCUT2D eigenvalue weighted by molar-refractivity contribution is -0.145. The van der Waals surface area contributed by atoms with Crippen molar-refractivity contribution in [1.82, 2.24) is 5.32 Å². The summed E-state index contributed by atoms with van der Waals surface area (Å²) in [5.74, 6) is 0. The molecule has 1 N–H and O–H groups in total. The average Bonchev–Trinajstić information content (AvgIpc) is 3.03. The van der Waals surface area contributed by atoms with Gasteiger partial charge in [0.05, 0.1) is 13.0 Å². The Labute approximate surface area is 101 Å². The molecule has 0 spiro atoms. The van der Waals surface area contributed by atoms with Gasteiger partial charge in [0.1, 0.15) is 0 Å². The van der Waals surface area contributed by atoms with Crippen molar-refractivity contribution in [2.45, 2.75) is 57.2 Å². The normalized spacial score (nSPS) is 16.4. The Balaban J connectivity index is 1.69. The lowest BCUT2D eigenvalue weighted by Crippen LogP contribution is -2.17. The lowest BCUT2D eigenvalue weighted by Gasteiger charge is -2.07. The zero-order valence-electron chi connectivity index (χ0n) is 10.2. The highest BCUT2D eigenvalue weighted by Gasteiger charge is 2.26. The van der Waals surface area contributed by atoms with Crippen molar-refractivity contribution in [2.75, 3.05) is 19.8 Å². The predicted molar refractivity (Wildman–Crippen MR) is 61.0 cm³/mol. The van der Waals surface area contributed by atoms with E-state index in [2.05, 4.69) is 5.32 Å². The molecule has 0 unspecified atom stereocenters. The maximum Gasteiger partial charge on any atom is 0.391 e. The number of unbranched alkanes of at least 4 members (excludes halogenated alkanes) is 3. The fourth-order valence-corrected chi connectivity index (χ4v) is 1.57. The van der Waals surface area contributed by atoms with E-state index in [9.17, 15) is 13.2 Å². The molecule has 5 heteroatoms. The summed E-state index contributed by atoms with van der Waals surface area (Å²) in [7, 11) is 0. The van der Waals surface area contributed by atoms with E-state index in [1.165, 1.54) is 12.8 Å². The van der Waals surface area contributed by atoms with Crippen LogP contribution < -0.4 is 5.32 Å². The Bertz CT molecular complexity index is 193. The van der Waals surface area contributed by atoms with Crippen LogP contribution in [0.1, 0.15) is 44.9 Å². The molecule has 2 nitrogen and oxygen atoms in total. The molecule has 102 valence electrons. The van der Waals surface area contributed by atoms with Crippen LogP contribution in [0.4, 0.5) is 13.2 Å². The minimum absolute atomic E-state index is 0.202. The minimum Gasteiger partial charge on any atom is -0.381 e. The van der Waals surface area contributed by atoms with Crippen LogP contribution in [0.25, 0.3) is 0 Å². The van der Waals surface area contributed by atoms with Gasteiger partial charge in [-0.1, -0.05) is 12.8 Å². The van der Waals surface area contributed by atoms with Crippen molar-refractivity contribution in [3.63, 3.8) is 0 Å². The van der Waals surface area contributed by atoms with Gasteiger partial charge in [-0.15, -0.1) is 0 Å². The van der Waals surface area contributed by atoms with Gasteiger partial charge in [0.25, 0.3) is 0 Å². The second-order valence-corrected chi connectivity index (χ2v) is 4.62. The largest absolute Gasteiger partial charge is 0.391 e. The number of halogens is 3. The molecule has 1 aliphatic carbocycles. The number of nitrogens with one attached hydrogen (secondary N) is 1. The molecule has 1 fully saturated rings. The second-order valence-electron chi connectivity index (χ2n) is 4.62. The quantitative estimate of drug-likeness (QED) is 0.603. The molecule has 0 bridgehead atoms. The van der Waals surface area contributed by atoms with Crippen LogP contribution in [-0.4, -0.2) is 32.0 Å². The standard InChI is InChI=1S/C12H22F3NO/c13-12(14,15)7-10-17-9-4-2-1-3-8-16-11-5-6-11/h11,16H,1-10H2. The molecule has 1 saturated carbocycles. The monoisotopic (exact) mass is 253 g/mol. The Morgan fingerprint density at radius 3 is 2.35 bits per heavy atom. The summed E-state index contributed by atoms with van der Waals surface area (Å²) in [6.45, 7) is 1.32. The summed E-state index contributed by atoms with van der Waals surface area (Å²) in [6, 6.07) is 0.765. The van der Waals surface area contributed by atoms with Gasteiger partial charge in [-0.3, -0.25) is 0 Å². The number of hydrogen-bond acceptors (Lipinski definition) is 2. The molecule has 0 aliphatic heterocycles. The first-order valence-corrected chi connectivity index (χ1v) is 6.46. The van der Waals surface area contributed by atoms with Crippen LogP contribution in [0.3, 0.4) is 0 Å². The fourth-order valence-electron chi connectivity index (χ4n) is 1.57. The van der Waals surface area contributed by atoms with E-state index in [4.69, 9.17) is 4.74 Å². The lowest BCUT2D eigenvalue weighted by atomic mass is 10.2. The summed E-state index contributed by atoms with van der Waals surface area (Å²) >= 11 is 0. The molecule has 0 heterocycles. The van der Waals surface area contributed by atoms with E-state index < -0.39 is 12.6 Å². The number of hydrogen-bond donors (Lipinski definition) is 1. The van der Waals surface area contributed by atoms with Crippen molar-refractivity contribution in [3.05, 3.63) is 0 Å². The fraction of sp³-hybridized carbons (Fsp3) is 1.00. The Hall–Kier alpha value is -0.290. The first kappa shape index (κ1) is 14.8. The predicted octanol–water partition coefficient (Wildman–Crippen LogP) is 3.27. The molecular formula is C12H22F3NO. The third-order valence-electron chi connectivity index (χ3n) is 2.76. The average molecular weight is 253 g/mol. The van der Waals surface area contributed by atoms with Gasteiger partial charge in [-0.05, 0) is 32.2 Å². The van der Waals surface area contributed by atoms with Gasteiger partial charge in [0, 0.05) is 12.6 Å². The molecule has 0 aromatic carbocycles. The van der Waals surface area contributed by atoms with Crippen LogP contribution in [-0.2, 0) is 4.74 Å². The Kier molecular flexibility index (Phi) is 6.89. The van der Waals surface area contributed by atoms with E-state index in [1.807, 2.05) is 0 Å². The van der Waals surface area contributed by atoms with E-state index in [0.717, 1.165) is 38.3 Å². The smallest absolute Gasteiger partial charge is 0.381 e. The third kappa shape index (κ3) is 10.6. The third-order valence-corrected chi connectivity index (χ3v) is 2.76. The molecule has 1 aliphatic rings. The van der Waals surface area contributed by atoms with Gasteiger partial charge in [-0.25, -0.2) is 0 Å². The molecule has 0 aromatic rings. The van der Waals surface area contributed by atoms with Crippen LogP contribution >= 0.6 is 0 Å². The topological polar surface area (TPSA) is 21.3 Å². The molecular weight excluding hydrogens is 231 g/mol. The maximum atomic E-state index is 11.8. The minimum atomic E-state index is -4.09. The summed E-state index contributed by atoms with van der Waals surface area (Å²) in [5.41, 5.74) is 0. The summed E-state index contributed by atoms with van der Waals surface area (Å²) in [6.07, 6.45) is 1.88. The van der Waals surface area contributed by atoms with Crippen molar-refractivity contribution in [3.8, 4) is 0 Å².